The molecule has 0 aliphatic heterocycles. The normalized spacial score (nSPS) is 24.1. The highest BCUT2D eigenvalue weighted by Crippen LogP contribution is 2.35. The molecule has 2 N–H and O–H groups in total. The van der Waals surface area contributed by atoms with Crippen molar-refractivity contribution in [3.05, 3.63) is 71.8 Å². The van der Waals surface area contributed by atoms with E-state index in [-0.39, 0.29) is 12.1 Å². The number of carbonyl (C=O) groups is 1. The average Bonchev–Trinajstić information content (AvgIpc) is 3.05. The van der Waals surface area contributed by atoms with Crippen molar-refractivity contribution in [2.24, 2.45) is 0 Å². The van der Waals surface area contributed by atoms with E-state index in [1.807, 2.05) is 67.6 Å². The SMILES string of the molecule is C[C@H](N[C@@]1(C(=O)O)CCC[C@H]1OCc1ccccc1)c1ccccc1. The Labute approximate surface area is 148 Å². The molecule has 0 unspecified atom stereocenters. The van der Waals surface area contributed by atoms with Gasteiger partial charge >= 0.3 is 5.97 Å². The topological polar surface area (TPSA) is 58.6 Å². The molecule has 1 aliphatic carbocycles. The van der Waals surface area contributed by atoms with Gasteiger partial charge in [0.1, 0.15) is 5.54 Å². The molecule has 25 heavy (non-hydrogen) atoms. The minimum atomic E-state index is -1.04. The second-order valence-corrected chi connectivity index (χ2v) is 6.73. The van der Waals surface area contributed by atoms with Crippen molar-refractivity contribution >= 4 is 5.97 Å². The van der Waals surface area contributed by atoms with Gasteiger partial charge in [-0.1, -0.05) is 60.7 Å². The Bertz CT molecular complexity index is 689. The number of carboxylic acid groups (broad SMARTS) is 1. The summed E-state index contributed by atoms with van der Waals surface area (Å²) in [5, 5.41) is 13.4. The molecule has 0 spiro atoms. The molecular weight excluding hydrogens is 314 g/mol. The number of rotatable bonds is 7. The lowest BCUT2D eigenvalue weighted by Crippen LogP contribution is -2.58. The Kier molecular flexibility index (Phi) is 5.51. The molecule has 1 aliphatic rings. The van der Waals surface area contributed by atoms with Crippen molar-refractivity contribution in [3.63, 3.8) is 0 Å². The van der Waals surface area contributed by atoms with Crippen LogP contribution >= 0.6 is 0 Å². The van der Waals surface area contributed by atoms with Gasteiger partial charge in [0, 0.05) is 6.04 Å². The first-order valence-electron chi connectivity index (χ1n) is 8.83. The monoisotopic (exact) mass is 339 g/mol. The van der Waals surface area contributed by atoms with Crippen molar-refractivity contribution in [1.29, 1.82) is 0 Å². The smallest absolute Gasteiger partial charge is 0.326 e. The lowest BCUT2D eigenvalue weighted by Gasteiger charge is -2.35. The molecule has 1 fully saturated rings. The number of nitrogens with one attached hydrogen (secondary N) is 1. The zero-order valence-electron chi connectivity index (χ0n) is 14.5. The van der Waals surface area contributed by atoms with Crippen LogP contribution in [0.2, 0.25) is 0 Å². The quantitative estimate of drug-likeness (QED) is 0.802. The van der Waals surface area contributed by atoms with Gasteiger partial charge in [0.15, 0.2) is 0 Å². The van der Waals surface area contributed by atoms with Crippen LogP contribution in [0.5, 0.6) is 0 Å². The summed E-state index contributed by atoms with van der Waals surface area (Å²) in [6, 6.07) is 19.8. The second-order valence-electron chi connectivity index (χ2n) is 6.73. The van der Waals surface area contributed by atoms with Gasteiger partial charge in [0.25, 0.3) is 0 Å². The minimum Gasteiger partial charge on any atom is -0.480 e. The van der Waals surface area contributed by atoms with Gasteiger partial charge in [0.2, 0.25) is 0 Å². The Morgan fingerprint density at radius 2 is 1.84 bits per heavy atom. The fourth-order valence-corrected chi connectivity index (χ4v) is 3.65. The maximum Gasteiger partial charge on any atom is 0.326 e. The van der Waals surface area contributed by atoms with E-state index in [1.165, 1.54) is 0 Å². The number of carboxylic acids is 1. The zero-order chi connectivity index (χ0) is 17.7. The molecule has 0 saturated heterocycles. The molecule has 0 aromatic heterocycles. The van der Waals surface area contributed by atoms with Crippen LogP contribution in [0.25, 0.3) is 0 Å². The Morgan fingerprint density at radius 3 is 2.48 bits per heavy atom. The first-order chi connectivity index (χ1) is 12.1. The van der Waals surface area contributed by atoms with Gasteiger partial charge in [-0.05, 0) is 37.3 Å². The molecule has 2 aromatic carbocycles. The third-order valence-corrected chi connectivity index (χ3v) is 5.04. The molecular formula is C21H25NO3. The van der Waals surface area contributed by atoms with Gasteiger partial charge in [-0.3, -0.25) is 10.1 Å². The molecule has 4 nitrogen and oxygen atoms in total. The zero-order valence-corrected chi connectivity index (χ0v) is 14.5. The lowest BCUT2D eigenvalue weighted by atomic mass is 9.92. The van der Waals surface area contributed by atoms with E-state index in [9.17, 15) is 9.90 Å². The predicted molar refractivity (Wildman–Crippen MR) is 97.2 cm³/mol. The highest BCUT2D eigenvalue weighted by Gasteiger charge is 2.50. The summed E-state index contributed by atoms with van der Waals surface area (Å²) in [5.41, 5.74) is 1.10. The summed E-state index contributed by atoms with van der Waals surface area (Å²) in [6.45, 7) is 2.44. The first kappa shape index (κ1) is 17.6. The molecule has 0 radical (unpaired) electrons. The van der Waals surface area contributed by atoms with Crippen LogP contribution in [-0.4, -0.2) is 22.7 Å². The van der Waals surface area contributed by atoms with E-state index in [4.69, 9.17) is 4.74 Å². The molecule has 3 atom stereocenters. The predicted octanol–water partition coefficient (Wildman–Crippen LogP) is 3.93. The van der Waals surface area contributed by atoms with Crippen LogP contribution in [0.15, 0.2) is 60.7 Å². The number of ether oxygens (including phenoxy) is 1. The van der Waals surface area contributed by atoms with E-state index in [1.54, 1.807) is 0 Å². The maximum atomic E-state index is 12.2. The van der Waals surface area contributed by atoms with Crippen LogP contribution < -0.4 is 5.32 Å². The summed E-state index contributed by atoms with van der Waals surface area (Å²) in [7, 11) is 0. The van der Waals surface area contributed by atoms with Crippen LogP contribution in [0.3, 0.4) is 0 Å². The first-order valence-corrected chi connectivity index (χ1v) is 8.83. The Balaban J connectivity index is 1.74. The highest BCUT2D eigenvalue weighted by atomic mass is 16.5. The van der Waals surface area contributed by atoms with Gasteiger partial charge < -0.3 is 9.84 Å². The minimum absolute atomic E-state index is 0.0572. The summed E-state index contributed by atoms with van der Waals surface area (Å²) < 4.78 is 6.06. The van der Waals surface area contributed by atoms with Crippen LogP contribution in [-0.2, 0) is 16.1 Å². The summed E-state index contributed by atoms with van der Waals surface area (Å²) in [6.07, 6.45) is 1.85. The lowest BCUT2D eigenvalue weighted by molar-refractivity contribution is -0.152. The molecule has 0 bridgehead atoms. The van der Waals surface area contributed by atoms with E-state index < -0.39 is 11.5 Å². The van der Waals surface area contributed by atoms with Gasteiger partial charge in [-0.2, -0.15) is 0 Å². The van der Waals surface area contributed by atoms with Crippen molar-refractivity contribution in [2.45, 2.75) is 50.5 Å². The van der Waals surface area contributed by atoms with Gasteiger partial charge in [0.05, 0.1) is 12.7 Å². The molecule has 2 aromatic rings. The standard InChI is InChI=1S/C21H25NO3/c1-16(18-11-6-3-7-12-18)22-21(20(23)24)14-8-13-19(21)25-15-17-9-4-2-5-10-17/h2-7,9-12,16,19,22H,8,13-15H2,1H3,(H,23,24)/t16-,19+,21-/m0/s1. The third kappa shape index (κ3) is 3.91. The molecule has 0 heterocycles. The van der Waals surface area contributed by atoms with E-state index in [0.29, 0.717) is 13.0 Å². The number of hydrogen-bond acceptors (Lipinski definition) is 3. The fraction of sp³-hybridized carbons (Fsp3) is 0.381. The van der Waals surface area contributed by atoms with Crippen molar-refractivity contribution in [1.82, 2.24) is 5.32 Å². The number of hydrogen-bond donors (Lipinski definition) is 2. The van der Waals surface area contributed by atoms with Gasteiger partial charge in [-0.25, -0.2) is 0 Å². The van der Waals surface area contributed by atoms with Crippen molar-refractivity contribution in [2.75, 3.05) is 0 Å². The summed E-state index contributed by atoms with van der Waals surface area (Å²) in [5.74, 6) is -0.828. The van der Waals surface area contributed by atoms with E-state index in [2.05, 4.69) is 5.32 Å². The molecule has 0 amide bonds. The summed E-state index contributed by atoms with van der Waals surface area (Å²) in [4.78, 5) is 12.2. The van der Waals surface area contributed by atoms with Crippen molar-refractivity contribution in [3.8, 4) is 0 Å². The van der Waals surface area contributed by atoms with Gasteiger partial charge in [-0.15, -0.1) is 0 Å². The van der Waals surface area contributed by atoms with E-state index >= 15 is 0 Å². The highest BCUT2D eigenvalue weighted by molar-refractivity contribution is 5.80. The molecule has 4 heteroatoms. The largest absolute Gasteiger partial charge is 0.480 e. The molecule has 1 saturated carbocycles. The van der Waals surface area contributed by atoms with Crippen LogP contribution in [0, 0.1) is 0 Å². The Hall–Kier alpha value is -2.17. The molecule has 132 valence electrons. The van der Waals surface area contributed by atoms with Crippen LogP contribution in [0.4, 0.5) is 0 Å². The maximum absolute atomic E-state index is 12.2. The molecule has 3 rings (SSSR count). The van der Waals surface area contributed by atoms with E-state index in [0.717, 1.165) is 24.0 Å². The van der Waals surface area contributed by atoms with Crippen molar-refractivity contribution < 1.29 is 14.6 Å². The average molecular weight is 339 g/mol. The number of benzene rings is 2. The Morgan fingerprint density at radius 1 is 1.20 bits per heavy atom. The van der Waals surface area contributed by atoms with Crippen LogP contribution in [0.1, 0.15) is 43.4 Å². The fourth-order valence-electron chi connectivity index (χ4n) is 3.65. The summed E-state index contributed by atoms with van der Waals surface area (Å²) >= 11 is 0. The second kappa shape index (κ2) is 7.81. The number of aliphatic carboxylic acids is 1. The third-order valence-electron chi connectivity index (χ3n) is 5.04.